The Hall–Kier alpha value is -1.22. The molecule has 8 nitrogen and oxygen atoms in total. The van der Waals surface area contributed by atoms with Crippen LogP contribution in [-0.2, 0) is 23.8 Å². The fourth-order valence-electron chi connectivity index (χ4n) is 2.08. The molecule has 6 unspecified atom stereocenters. The summed E-state index contributed by atoms with van der Waals surface area (Å²) in [6.07, 6.45) is -5.99. The van der Waals surface area contributed by atoms with Crippen LogP contribution in [0.1, 0.15) is 20.3 Å². The average Bonchev–Trinajstić information content (AvgIpc) is 2.87. The van der Waals surface area contributed by atoms with E-state index in [-0.39, 0.29) is 0 Å². The first-order chi connectivity index (χ1) is 9.34. The molecule has 2 fully saturated rings. The predicted molar refractivity (Wildman–Crippen MR) is 62.1 cm³/mol. The molecule has 2 heterocycles. The summed E-state index contributed by atoms with van der Waals surface area (Å²) >= 11 is 0. The molecule has 0 aromatic rings. The van der Waals surface area contributed by atoms with Crippen molar-refractivity contribution in [1.29, 1.82) is 0 Å². The molecule has 20 heavy (non-hydrogen) atoms. The highest BCUT2D eigenvalue weighted by Gasteiger charge is 2.59. The molecule has 0 aromatic carbocycles. The first-order valence-electron chi connectivity index (χ1n) is 6.38. The first kappa shape index (κ1) is 15.2. The van der Waals surface area contributed by atoms with Gasteiger partial charge < -0.3 is 29.5 Å². The third-order valence-electron chi connectivity index (χ3n) is 3.89. The summed E-state index contributed by atoms with van der Waals surface area (Å²) in [5.74, 6) is -1.60. The van der Waals surface area contributed by atoms with Crippen molar-refractivity contribution in [3.8, 4) is 0 Å². The number of hydrogen-bond donors (Lipinski definition) is 3. The third-order valence-corrected chi connectivity index (χ3v) is 3.89. The SMILES string of the molecule is CCC(C)(CO)C(=O)OC1C(=O)OC2C(O)C(O)OC12. The molecule has 2 saturated heterocycles. The molecular weight excluding hydrogens is 272 g/mol. The Labute approximate surface area is 115 Å². The maximum Gasteiger partial charge on any atom is 0.350 e. The molecule has 114 valence electrons. The minimum atomic E-state index is -1.49. The van der Waals surface area contributed by atoms with Crippen molar-refractivity contribution < 1.29 is 39.1 Å². The van der Waals surface area contributed by atoms with Crippen LogP contribution in [0.4, 0.5) is 0 Å². The fourth-order valence-corrected chi connectivity index (χ4v) is 2.08. The van der Waals surface area contributed by atoms with Crippen molar-refractivity contribution in [3.63, 3.8) is 0 Å². The molecule has 6 atom stereocenters. The quantitative estimate of drug-likeness (QED) is 0.524. The third kappa shape index (κ3) is 2.28. The van der Waals surface area contributed by atoms with E-state index >= 15 is 0 Å². The summed E-state index contributed by atoms with van der Waals surface area (Å²) in [5, 5.41) is 28.1. The van der Waals surface area contributed by atoms with Crippen molar-refractivity contribution in [1.82, 2.24) is 0 Å². The predicted octanol–water partition coefficient (Wildman–Crippen LogP) is -1.69. The number of fused-ring (bicyclic) bond motifs is 1. The molecule has 2 rings (SSSR count). The maximum absolute atomic E-state index is 12.0. The summed E-state index contributed by atoms with van der Waals surface area (Å²) in [4.78, 5) is 23.7. The highest BCUT2D eigenvalue weighted by atomic mass is 16.7. The van der Waals surface area contributed by atoms with Crippen LogP contribution in [0.3, 0.4) is 0 Å². The van der Waals surface area contributed by atoms with Crippen LogP contribution in [-0.4, -0.2) is 64.6 Å². The number of esters is 2. The Morgan fingerprint density at radius 3 is 2.60 bits per heavy atom. The van der Waals surface area contributed by atoms with Gasteiger partial charge in [0.05, 0.1) is 12.0 Å². The lowest BCUT2D eigenvalue weighted by Crippen LogP contribution is -2.41. The minimum Gasteiger partial charge on any atom is -0.454 e. The Bertz CT molecular complexity index is 404. The lowest BCUT2D eigenvalue weighted by molar-refractivity contribution is -0.187. The molecular formula is C12H18O8. The van der Waals surface area contributed by atoms with Crippen LogP contribution in [0.5, 0.6) is 0 Å². The highest BCUT2D eigenvalue weighted by molar-refractivity contribution is 5.84. The van der Waals surface area contributed by atoms with Gasteiger partial charge in [-0.05, 0) is 13.3 Å². The maximum atomic E-state index is 12.0. The zero-order chi connectivity index (χ0) is 15.1. The van der Waals surface area contributed by atoms with E-state index in [0.29, 0.717) is 6.42 Å². The number of aliphatic hydroxyl groups excluding tert-OH is 3. The molecule has 0 amide bonds. The number of carbonyl (C=O) groups is 2. The highest BCUT2D eigenvalue weighted by Crippen LogP contribution is 2.34. The molecule has 0 spiro atoms. The standard InChI is InChI=1S/C12H18O8/c1-3-12(2,4-13)11(17)20-8-7-6(18-10(8)16)5(14)9(15)19-7/h5-9,13-15H,3-4H2,1-2H3. The smallest absolute Gasteiger partial charge is 0.350 e. The Balaban J connectivity index is 2.10. The fraction of sp³-hybridized carbons (Fsp3) is 0.833. The van der Waals surface area contributed by atoms with Gasteiger partial charge in [0.1, 0.15) is 12.2 Å². The van der Waals surface area contributed by atoms with E-state index in [9.17, 15) is 24.9 Å². The van der Waals surface area contributed by atoms with Gasteiger partial charge >= 0.3 is 11.9 Å². The number of rotatable bonds is 4. The summed E-state index contributed by atoms with van der Waals surface area (Å²) < 4.78 is 14.9. The lowest BCUT2D eigenvalue weighted by atomic mass is 9.89. The second kappa shape index (κ2) is 5.28. The van der Waals surface area contributed by atoms with Gasteiger partial charge in [0.25, 0.3) is 0 Å². The molecule has 0 aromatic heterocycles. The van der Waals surface area contributed by atoms with Gasteiger partial charge in [-0.2, -0.15) is 0 Å². The lowest BCUT2D eigenvalue weighted by Gasteiger charge is -2.25. The number of carbonyl (C=O) groups excluding carboxylic acids is 2. The van der Waals surface area contributed by atoms with Crippen LogP contribution in [0.2, 0.25) is 0 Å². The molecule has 3 N–H and O–H groups in total. The second-order valence-corrected chi connectivity index (χ2v) is 5.28. The van der Waals surface area contributed by atoms with Crippen molar-refractivity contribution in [2.24, 2.45) is 5.41 Å². The second-order valence-electron chi connectivity index (χ2n) is 5.28. The topological polar surface area (TPSA) is 123 Å². The molecule has 2 aliphatic heterocycles. The van der Waals surface area contributed by atoms with Gasteiger partial charge in [0, 0.05) is 0 Å². The zero-order valence-electron chi connectivity index (χ0n) is 11.2. The van der Waals surface area contributed by atoms with Crippen molar-refractivity contribution in [2.45, 2.75) is 51.0 Å². The van der Waals surface area contributed by atoms with Gasteiger partial charge in [0.2, 0.25) is 6.10 Å². The first-order valence-corrected chi connectivity index (χ1v) is 6.38. The Morgan fingerprint density at radius 2 is 2.05 bits per heavy atom. The summed E-state index contributed by atoms with van der Waals surface area (Å²) in [7, 11) is 0. The normalized spacial score (nSPS) is 39.0. The van der Waals surface area contributed by atoms with Gasteiger partial charge in [-0.1, -0.05) is 6.92 Å². The largest absolute Gasteiger partial charge is 0.454 e. The summed E-state index contributed by atoms with van der Waals surface area (Å²) in [6.45, 7) is 2.78. The molecule has 0 aliphatic carbocycles. The van der Waals surface area contributed by atoms with Gasteiger partial charge in [-0.25, -0.2) is 4.79 Å². The zero-order valence-corrected chi connectivity index (χ0v) is 11.2. The van der Waals surface area contributed by atoms with Crippen LogP contribution in [0.15, 0.2) is 0 Å². The van der Waals surface area contributed by atoms with Crippen LogP contribution in [0, 0.1) is 5.41 Å². The minimum absolute atomic E-state index is 0.324. The van der Waals surface area contributed by atoms with Crippen molar-refractivity contribution in [2.75, 3.05) is 6.61 Å². The van der Waals surface area contributed by atoms with E-state index in [4.69, 9.17) is 14.2 Å². The summed E-state index contributed by atoms with van der Waals surface area (Å²) in [6, 6.07) is 0. The average molecular weight is 290 g/mol. The van der Waals surface area contributed by atoms with E-state index in [1.165, 1.54) is 6.92 Å². The van der Waals surface area contributed by atoms with E-state index < -0.39 is 54.7 Å². The van der Waals surface area contributed by atoms with E-state index in [1.54, 1.807) is 6.92 Å². The van der Waals surface area contributed by atoms with E-state index in [0.717, 1.165) is 0 Å². The van der Waals surface area contributed by atoms with Crippen molar-refractivity contribution >= 4 is 11.9 Å². The Kier molecular flexibility index (Phi) is 4.01. The van der Waals surface area contributed by atoms with Crippen LogP contribution in [0.25, 0.3) is 0 Å². The van der Waals surface area contributed by atoms with Gasteiger partial charge in [0.15, 0.2) is 12.4 Å². The van der Waals surface area contributed by atoms with Gasteiger partial charge in [-0.15, -0.1) is 0 Å². The molecule has 0 saturated carbocycles. The molecule has 8 heteroatoms. The monoisotopic (exact) mass is 290 g/mol. The van der Waals surface area contributed by atoms with Crippen LogP contribution < -0.4 is 0 Å². The van der Waals surface area contributed by atoms with Gasteiger partial charge in [-0.3, -0.25) is 4.79 Å². The van der Waals surface area contributed by atoms with Crippen molar-refractivity contribution in [3.05, 3.63) is 0 Å². The number of ether oxygens (including phenoxy) is 3. The number of hydrogen-bond acceptors (Lipinski definition) is 8. The molecule has 2 aliphatic rings. The van der Waals surface area contributed by atoms with E-state index in [2.05, 4.69) is 0 Å². The van der Waals surface area contributed by atoms with E-state index in [1.807, 2.05) is 0 Å². The summed E-state index contributed by atoms with van der Waals surface area (Å²) in [5.41, 5.74) is -1.13. The number of aliphatic hydroxyl groups is 3. The van der Waals surface area contributed by atoms with Crippen LogP contribution >= 0.6 is 0 Å². The Morgan fingerprint density at radius 1 is 1.40 bits per heavy atom. The molecule has 0 bridgehead atoms. The molecule has 0 radical (unpaired) electrons.